The van der Waals surface area contributed by atoms with Crippen LogP contribution in [0.5, 0.6) is 0 Å². The van der Waals surface area contributed by atoms with Crippen molar-refractivity contribution in [3.8, 4) is 39.6 Å². The molecule has 228 valence electrons. The van der Waals surface area contributed by atoms with E-state index in [9.17, 15) is 0 Å². The van der Waals surface area contributed by atoms with Gasteiger partial charge in [-0.1, -0.05) is 146 Å². The lowest BCUT2D eigenvalue weighted by molar-refractivity contribution is 1.18. The molecule has 10 aromatic rings. The Labute approximate surface area is 283 Å². The van der Waals surface area contributed by atoms with Crippen LogP contribution in [0.3, 0.4) is 0 Å². The molecule has 0 unspecified atom stereocenters. The summed E-state index contributed by atoms with van der Waals surface area (Å²) in [5, 5.41) is 9.94. The van der Waals surface area contributed by atoms with Gasteiger partial charge in [-0.2, -0.15) is 0 Å². The molecule has 0 bridgehead atoms. The van der Waals surface area contributed by atoms with Crippen molar-refractivity contribution in [2.75, 3.05) is 0 Å². The van der Waals surface area contributed by atoms with Crippen LogP contribution in [0, 0.1) is 0 Å². The van der Waals surface area contributed by atoms with Crippen LogP contribution in [0.15, 0.2) is 176 Å². The summed E-state index contributed by atoms with van der Waals surface area (Å²) < 4.78 is 2.44. The Bertz CT molecular complexity index is 2780. The number of benzene rings is 8. The minimum atomic E-state index is 0.719. The van der Waals surface area contributed by atoms with Crippen molar-refractivity contribution in [1.82, 2.24) is 14.5 Å². The highest BCUT2D eigenvalue weighted by molar-refractivity contribution is 6.33. The molecule has 0 N–H and O–H groups in total. The maximum atomic E-state index is 5.14. The van der Waals surface area contributed by atoms with Crippen LogP contribution >= 0.6 is 0 Å². The van der Waals surface area contributed by atoms with Gasteiger partial charge in [-0.15, -0.1) is 0 Å². The van der Waals surface area contributed by atoms with E-state index in [1.54, 1.807) is 0 Å². The second-order valence-corrected chi connectivity index (χ2v) is 12.6. The molecular weight excluding hydrogens is 595 g/mol. The summed E-state index contributed by atoms with van der Waals surface area (Å²) in [6, 6.07) is 62.5. The summed E-state index contributed by atoms with van der Waals surface area (Å²) in [5.74, 6) is 0.719. The van der Waals surface area contributed by atoms with E-state index in [-0.39, 0.29) is 0 Å². The Morgan fingerprint density at radius 1 is 0.347 bits per heavy atom. The molecule has 0 aliphatic carbocycles. The summed E-state index contributed by atoms with van der Waals surface area (Å²) in [4.78, 5) is 10.2. The highest BCUT2D eigenvalue weighted by Crippen LogP contribution is 2.44. The number of fused-ring (bicyclic) bond motifs is 10. The van der Waals surface area contributed by atoms with E-state index in [4.69, 9.17) is 9.97 Å². The lowest BCUT2D eigenvalue weighted by Gasteiger charge is -2.15. The Morgan fingerprint density at radius 3 is 1.63 bits per heavy atom. The first kappa shape index (κ1) is 27.5. The zero-order chi connectivity index (χ0) is 32.3. The van der Waals surface area contributed by atoms with Crippen molar-refractivity contribution in [3.05, 3.63) is 176 Å². The van der Waals surface area contributed by atoms with E-state index in [0.29, 0.717) is 0 Å². The molecular formula is C46H29N3. The van der Waals surface area contributed by atoms with Crippen molar-refractivity contribution in [2.45, 2.75) is 0 Å². The Kier molecular flexibility index (Phi) is 6.18. The molecule has 10 rings (SSSR count). The topological polar surface area (TPSA) is 30.7 Å². The van der Waals surface area contributed by atoms with Gasteiger partial charge in [0.05, 0.1) is 22.4 Å². The minimum absolute atomic E-state index is 0.719. The number of aromatic nitrogens is 3. The molecule has 0 atom stereocenters. The van der Waals surface area contributed by atoms with Gasteiger partial charge in [0.15, 0.2) is 5.82 Å². The minimum Gasteiger partial charge on any atom is -0.309 e. The maximum Gasteiger partial charge on any atom is 0.160 e. The van der Waals surface area contributed by atoms with Crippen LogP contribution in [0.4, 0.5) is 0 Å². The van der Waals surface area contributed by atoms with E-state index < -0.39 is 0 Å². The Balaban J connectivity index is 1.28. The van der Waals surface area contributed by atoms with Crippen molar-refractivity contribution >= 4 is 54.1 Å². The number of rotatable bonds is 4. The van der Waals surface area contributed by atoms with Gasteiger partial charge in [0, 0.05) is 38.5 Å². The molecule has 3 nitrogen and oxygen atoms in total. The SMILES string of the molecule is c1ccc(-c2cc(-c3ccc4c(c3)c3ccccc3c3c4ccc4c5ccccc5n(-c5ccccc5)c43)nc(-c3ccccc3)n2)cc1. The molecule has 0 saturated heterocycles. The molecule has 0 saturated carbocycles. The number of para-hydroxylation sites is 2. The van der Waals surface area contributed by atoms with Gasteiger partial charge in [0.2, 0.25) is 0 Å². The van der Waals surface area contributed by atoms with E-state index in [2.05, 4.69) is 156 Å². The third kappa shape index (κ3) is 4.37. The lowest BCUT2D eigenvalue weighted by Crippen LogP contribution is -1.96. The second-order valence-electron chi connectivity index (χ2n) is 12.6. The summed E-state index contributed by atoms with van der Waals surface area (Å²) in [5.41, 5.74) is 8.55. The van der Waals surface area contributed by atoms with Crippen molar-refractivity contribution in [3.63, 3.8) is 0 Å². The zero-order valence-electron chi connectivity index (χ0n) is 26.6. The number of hydrogen-bond donors (Lipinski definition) is 0. The quantitative estimate of drug-likeness (QED) is 0.183. The average Bonchev–Trinajstić information content (AvgIpc) is 3.53. The van der Waals surface area contributed by atoms with E-state index >= 15 is 0 Å². The molecule has 0 radical (unpaired) electrons. The third-order valence-electron chi connectivity index (χ3n) is 9.77. The summed E-state index contributed by atoms with van der Waals surface area (Å²) in [7, 11) is 0. The standard InChI is InChI=1S/C46H29N3/c1-4-14-30(15-5-1)41-29-42(48-46(47-41)31-16-6-2-7-17-31)32-24-25-35-38-26-27-39-36-21-12-13-23-43(36)49(33-18-8-3-9-19-33)45(39)44(38)37-22-11-10-20-34(37)40(35)28-32/h1-29H. The molecule has 0 amide bonds. The molecule has 0 fully saturated rings. The third-order valence-corrected chi connectivity index (χ3v) is 9.77. The average molecular weight is 624 g/mol. The van der Waals surface area contributed by atoms with Gasteiger partial charge in [-0.3, -0.25) is 0 Å². The molecule has 0 aliphatic heterocycles. The van der Waals surface area contributed by atoms with Crippen LogP contribution in [0.1, 0.15) is 0 Å². The maximum absolute atomic E-state index is 5.14. The molecule has 3 heteroatoms. The first-order chi connectivity index (χ1) is 24.3. The Morgan fingerprint density at radius 2 is 0.878 bits per heavy atom. The van der Waals surface area contributed by atoms with Gasteiger partial charge in [0.1, 0.15) is 0 Å². The molecule has 8 aromatic carbocycles. The summed E-state index contributed by atoms with van der Waals surface area (Å²) in [6.07, 6.45) is 0. The van der Waals surface area contributed by atoms with E-state index in [0.717, 1.165) is 39.6 Å². The first-order valence-corrected chi connectivity index (χ1v) is 16.7. The van der Waals surface area contributed by atoms with Gasteiger partial charge in [-0.05, 0) is 57.3 Å². The van der Waals surface area contributed by atoms with Gasteiger partial charge < -0.3 is 4.57 Å². The van der Waals surface area contributed by atoms with E-state index in [1.165, 1.54) is 54.1 Å². The van der Waals surface area contributed by atoms with Gasteiger partial charge >= 0.3 is 0 Å². The monoisotopic (exact) mass is 623 g/mol. The predicted octanol–water partition coefficient (Wildman–Crippen LogP) is 12.0. The van der Waals surface area contributed by atoms with Crippen LogP contribution in [-0.4, -0.2) is 14.5 Å². The van der Waals surface area contributed by atoms with Crippen molar-refractivity contribution in [2.24, 2.45) is 0 Å². The zero-order valence-corrected chi connectivity index (χ0v) is 26.6. The number of hydrogen-bond acceptors (Lipinski definition) is 2. The molecule has 49 heavy (non-hydrogen) atoms. The highest BCUT2D eigenvalue weighted by Gasteiger charge is 2.19. The smallest absolute Gasteiger partial charge is 0.160 e. The van der Waals surface area contributed by atoms with E-state index in [1.807, 2.05) is 24.3 Å². The summed E-state index contributed by atoms with van der Waals surface area (Å²) >= 11 is 0. The fraction of sp³-hybridized carbons (Fsp3) is 0. The van der Waals surface area contributed by atoms with Crippen LogP contribution < -0.4 is 0 Å². The molecule has 0 aliphatic rings. The van der Waals surface area contributed by atoms with Crippen molar-refractivity contribution < 1.29 is 0 Å². The normalized spacial score (nSPS) is 11.7. The lowest BCUT2D eigenvalue weighted by atomic mass is 9.91. The Hall–Kier alpha value is -6.58. The van der Waals surface area contributed by atoms with Gasteiger partial charge in [-0.25, -0.2) is 9.97 Å². The van der Waals surface area contributed by atoms with Crippen molar-refractivity contribution in [1.29, 1.82) is 0 Å². The fourth-order valence-electron chi connectivity index (χ4n) is 7.57. The largest absolute Gasteiger partial charge is 0.309 e. The van der Waals surface area contributed by atoms with Gasteiger partial charge in [0.25, 0.3) is 0 Å². The number of nitrogens with zero attached hydrogens (tertiary/aromatic N) is 3. The summed E-state index contributed by atoms with van der Waals surface area (Å²) in [6.45, 7) is 0. The predicted molar refractivity (Wildman–Crippen MR) is 205 cm³/mol. The second kappa shape index (κ2) is 11.0. The molecule has 0 spiro atoms. The molecule has 2 heterocycles. The van der Waals surface area contributed by atoms with Crippen LogP contribution in [0.25, 0.3) is 93.7 Å². The highest BCUT2D eigenvalue weighted by atomic mass is 15.0. The first-order valence-electron chi connectivity index (χ1n) is 16.7. The van der Waals surface area contributed by atoms with Crippen LogP contribution in [-0.2, 0) is 0 Å². The van der Waals surface area contributed by atoms with Crippen LogP contribution in [0.2, 0.25) is 0 Å². The fourth-order valence-corrected chi connectivity index (χ4v) is 7.57. The molecule has 2 aromatic heterocycles.